The minimum absolute atomic E-state index is 0.455. The van der Waals surface area contributed by atoms with Gasteiger partial charge in [-0.05, 0) is 19.5 Å². The largest absolute Gasteiger partial charge is 0.380 e. The van der Waals surface area contributed by atoms with Crippen LogP contribution >= 0.6 is 0 Å². The SMILES string of the molecule is C/C=C/N1CCC(OC)C1. The lowest BCUT2D eigenvalue weighted by Gasteiger charge is -2.11. The maximum atomic E-state index is 5.21. The smallest absolute Gasteiger partial charge is 0.0762 e. The Morgan fingerprint density at radius 2 is 2.40 bits per heavy atom. The molecule has 0 N–H and O–H groups in total. The third kappa shape index (κ3) is 1.74. The van der Waals surface area contributed by atoms with Gasteiger partial charge in [0.05, 0.1) is 6.10 Å². The summed E-state index contributed by atoms with van der Waals surface area (Å²) in [5, 5.41) is 0. The summed E-state index contributed by atoms with van der Waals surface area (Å²) in [5.41, 5.74) is 0. The van der Waals surface area contributed by atoms with E-state index in [1.54, 1.807) is 7.11 Å². The van der Waals surface area contributed by atoms with Crippen LogP contribution in [0.5, 0.6) is 0 Å². The number of likely N-dealkylation sites (tertiary alicyclic amines) is 1. The molecule has 10 heavy (non-hydrogen) atoms. The molecule has 0 aromatic rings. The normalized spacial score (nSPS) is 26.6. The van der Waals surface area contributed by atoms with Crippen molar-refractivity contribution in [3.05, 3.63) is 12.3 Å². The fourth-order valence-electron chi connectivity index (χ4n) is 1.29. The van der Waals surface area contributed by atoms with Gasteiger partial charge < -0.3 is 9.64 Å². The maximum Gasteiger partial charge on any atom is 0.0762 e. The first-order valence-electron chi connectivity index (χ1n) is 3.76. The molecule has 0 amide bonds. The van der Waals surface area contributed by atoms with Crippen LogP contribution in [-0.2, 0) is 4.74 Å². The van der Waals surface area contributed by atoms with Gasteiger partial charge in [-0.25, -0.2) is 0 Å². The maximum absolute atomic E-state index is 5.21. The summed E-state index contributed by atoms with van der Waals surface area (Å²) in [6, 6.07) is 0. The standard InChI is InChI=1S/C8H15NO/c1-3-5-9-6-4-8(7-9)10-2/h3,5,8H,4,6-7H2,1-2H3/b5-3+. The molecular weight excluding hydrogens is 126 g/mol. The molecule has 2 nitrogen and oxygen atoms in total. The average molecular weight is 141 g/mol. The zero-order chi connectivity index (χ0) is 7.40. The molecule has 1 aliphatic rings. The van der Waals surface area contributed by atoms with Gasteiger partial charge in [0.15, 0.2) is 0 Å². The van der Waals surface area contributed by atoms with Crippen LogP contribution in [0.4, 0.5) is 0 Å². The van der Waals surface area contributed by atoms with Gasteiger partial charge in [0.1, 0.15) is 0 Å². The van der Waals surface area contributed by atoms with E-state index in [1.807, 2.05) is 6.92 Å². The summed E-state index contributed by atoms with van der Waals surface area (Å²) in [5.74, 6) is 0. The van der Waals surface area contributed by atoms with E-state index in [0.717, 1.165) is 13.1 Å². The number of hydrogen-bond donors (Lipinski definition) is 0. The van der Waals surface area contributed by atoms with E-state index in [-0.39, 0.29) is 0 Å². The monoisotopic (exact) mass is 141 g/mol. The van der Waals surface area contributed by atoms with Crippen LogP contribution < -0.4 is 0 Å². The van der Waals surface area contributed by atoms with Crippen molar-refractivity contribution in [1.82, 2.24) is 4.90 Å². The topological polar surface area (TPSA) is 12.5 Å². The zero-order valence-electron chi connectivity index (χ0n) is 6.71. The highest BCUT2D eigenvalue weighted by Gasteiger charge is 2.18. The summed E-state index contributed by atoms with van der Waals surface area (Å²) >= 11 is 0. The van der Waals surface area contributed by atoms with Crippen molar-refractivity contribution in [3.63, 3.8) is 0 Å². The Morgan fingerprint density at radius 1 is 1.60 bits per heavy atom. The zero-order valence-corrected chi connectivity index (χ0v) is 6.71. The summed E-state index contributed by atoms with van der Waals surface area (Å²) in [7, 11) is 1.78. The predicted molar refractivity (Wildman–Crippen MR) is 41.8 cm³/mol. The quantitative estimate of drug-likeness (QED) is 0.573. The van der Waals surface area contributed by atoms with E-state index in [4.69, 9.17) is 4.74 Å². The molecular formula is C8H15NO. The number of rotatable bonds is 2. The summed E-state index contributed by atoms with van der Waals surface area (Å²) in [4.78, 5) is 2.29. The first kappa shape index (κ1) is 7.61. The number of methoxy groups -OCH3 is 1. The van der Waals surface area contributed by atoms with Crippen LogP contribution in [0.1, 0.15) is 13.3 Å². The van der Waals surface area contributed by atoms with Crippen LogP contribution in [0, 0.1) is 0 Å². The summed E-state index contributed by atoms with van der Waals surface area (Å²) < 4.78 is 5.21. The second-order valence-corrected chi connectivity index (χ2v) is 2.62. The first-order valence-corrected chi connectivity index (χ1v) is 3.76. The van der Waals surface area contributed by atoms with Crippen molar-refractivity contribution in [3.8, 4) is 0 Å². The lowest BCUT2D eigenvalue weighted by molar-refractivity contribution is 0.113. The van der Waals surface area contributed by atoms with E-state index in [0.29, 0.717) is 6.10 Å². The third-order valence-corrected chi connectivity index (χ3v) is 1.87. The van der Waals surface area contributed by atoms with Crippen molar-refractivity contribution in [1.29, 1.82) is 0 Å². The van der Waals surface area contributed by atoms with Crippen LogP contribution in [0.15, 0.2) is 12.3 Å². The van der Waals surface area contributed by atoms with Crippen LogP contribution in [-0.4, -0.2) is 31.2 Å². The fraction of sp³-hybridized carbons (Fsp3) is 0.750. The third-order valence-electron chi connectivity index (χ3n) is 1.87. The molecule has 1 atom stereocenters. The molecule has 0 aromatic carbocycles. The van der Waals surface area contributed by atoms with Gasteiger partial charge in [0.2, 0.25) is 0 Å². The molecule has 0 aromatic heterocycles. The molecule has 1 aliphatic heterocycles. The van der Waals surface area contributed by atoms with Crippen LogP contribution in [0.3, 0.4) is 0 Å². The molecule has 2 heteroatoms. The van der Waals surface area contributed by atoms with Gasteiger partial charge in [0, 0.05) is 20.2 Å². The molecule has 0 aliphatic carbocycles. The van der Waals surface area contributed by atoms with E-state index < -0.39 is 0 Å². The van der Waals surface area contributed by atoms with E-state index >= 15 is 0 Å². The molecule has 0 spiro atoms. The molecule has 1 heterocycles. The van der Waals surface area contributed by atoms with Crippen molar-refractivity contribution < 1.29 is 4.74 Å². The summed E-state index contributed by atoms with van der Waals surface area (Å²) in [6.07, 6.45) is 5.81. The van der Waals surface area contributed by atoms with Crippen LogP contribution in [0.25, 0.3) is 0 Å². The Labute approximate surface area is 62.5 Å². The molecule has 1 unspecified atom stereocenters. The predicted octanol–water partition coefficient (Wildman–Crippen LogP) is 1.24. The fourth-order valence-corrected chi connectivity index (χ4v) is 1.29. The van der Waals surface area contributed by atoms with Gasteiger partial charge in [0.25, 0.3) is 0 Å². The lowest BCUT2D eigenvalue weighted by Crippen LogP contribution is -2.16. The van der Waals surface area contributed by atoms with E-state index in [9.17, 15) is 0 Å². The average Bonchev–Trinajstić information content (AvgIpc) is 2.37. The second-order valence-electron chi connectivity index (χ2n) is 2.62. The number of allylic oxidation sites excluding steroid dienone is 1. The second kappa shape index (κ2) is 3.62. The van der Waals surface area contributed by atoms with Crippen LogP contribution in [0.2, 0.25) is 0 Å². The molecule has 0 bridgehead atoms. The number of hydrogen-bond acceptors (Lipinski definition) is 2. The van der Waals surface area contributed by atoms with E-state index in [2.05, 4.69) is 17.2 Å². The Morgan fingerprint density at radius 3 is 2.90 bits per heavy atom. The molecule has 0 radical (unpaired) electrons. The minimum Gasteiger partial charge on any atom is -0.380 e. The Balaban J connectivity index is 2.28. The van der Waals surface area contributed by atoms with Crippen molar-refractivity contribution in [2.45, 2.75) is 19.4 Å². The highest BCUT2D eigenvalue weighted by atomic mass is 16.5. The lowest BCUT2D eigenvalue weighted by atomic mass is 10.3. The molecule has 1 rings (SSSR count). The van der Waals surface area contributed by atoms with Gasteiger partial charge in [-0.15, -0.1) is 0 Å². The van der Waals surface area contributed by atoms with Crippen molar-refractivity contribution >= 4 is 0 Å². The minimum atomic E-state index is 0.455. The molecule has 58 valence electrons. The molecule has 1 fully saturated rings. The van der Waals surface area contributed by atoms with Gasteiger partial charge >= 0.3 is 0 Å². The number of ether oxygens (including phenoxy) is 1. The van der Waals surface area contributed by atoms with E-state index in [1.165, 1.54) is 6.42 Å². The summed E-state index contributed by atoms with van der Waals surface area (Å²) in [6.45, 7) is 4.24. The van der Waals surface area contributed by atoms with Crippen molar-refractivity contribution in [2.75, 3.05) is 20.2 Å². The van der Waals surface area contributed by atoms with Gasteiger partial charge in [-0.2, -0.15) is 0 Å². The highest BCUT2D eigenvalue weighted by molar-refractivity contribution is 4.86. The molecule has 1 saturated heterocycles. The Kier molecular flexibility index (Phi) is 2.75. The van der Waals surface area contributed by atoms with Crippen molar-refractivity contribution in [2.24, 2.45) is 0 Å². The Hall–Kier alpha value is -0.500. The first-order chi connectivity index (χ1) is 4.86. The highest BCUT2D eigenvalue weighted by Crippen LogP contribution is 2.11. The Bertz CT molecular complexity index is 122. The number of nitrogens with zero attached hydrogens (tertiary/aromatic N) is 1. The van der Waals surface area contributed by atoms with Gasteiger partial charge in [-0.1, -0.05) is 6.08 Å². The van der Waals surface area contributed by atoms with Gasteiger partial charge in [-0.3, -0.25) is 0 Å². The molecule has 0 saturated carbocycles.